The summed E-state index contributed by atoms with van der Waals surface area (Å²) >= 11 is 8.09. The lowest BCUT2D eigenvalue weighted by Crippen LogP contribution is -2.22. The Kier molecular flexibility index (Phi) is 5.05. The summed E-state index contributed by atoms with van der Waals surface area (Å²) in [5.74, 6) is 0.734. The lowest BCUT2D eigenvalue weighted by Gasteiger charge is -2.27. The molecule has 1 unspecified atom stereocenters. The Morgan fingerprint density at radius 2 is 1.76 bits per heavy atom. The molecule has 0 saturated carbocycles. The van der Waals surface area contributed by atoms with Crippen LogP contribution >= 0.6 is 23.4 Å². The molecule has 0 amide bonds. The van der Waals surface area contributed by atoms with Gasteiger partial charge in [-0.3, -0.25) is 0 Å². The topological polar surface area (TPSA) is 82.5 Å². The summed E-state index contributed by atoms with van der Waals surface area (Å²) in [5.41, 5.74) is 3.15. The van der Waals surface area contributed by atoms with E-state index in [1.54, 1.807) is 34.7 Å². The molecule has 0 bridgehead atoms. The fourth-order valence-electron chi connectivity index (χ4n) is 4.82. The quantitative estimate of drug-likeness (QED) is 0.191. The number of rotatable bonds is 3. The molecule has 1 aliphatic heterocycles. The number of nitrogens with zero attached hydrogens (tertiary/aromatic N) is 4. The molecule has 9 heteroatoms. The standard InChI is InChI=1S/C28H17ClN4O3S/c1-37-16-12-10-15(11-13-16)21-22-24(18-7-3-5-9-20(18)35-28(22)34)36-27-23(21)26-31-25(32-33(26)14-30-27)17-6-2-4-8-19(17)29/h2-14,21H,1H3. The highest BCUT2D eigenvalue weighted by molar-refractivity contribution is 7.98. The van der Waals surface area contributed by atoms with Crippen molar-refractivity contribution >= 4 is 40.0 Å². The van der Waals surface area contributed by atoms with E-state index < -0.39 is 11.5 Å². The predicted molar refractivity (Wildman–Crippen MR) is 143 cm³/mol. The first-order valence-corrected chi connectivity index (χ1v) is 13.1. The minimum absolute atomic E-state index is 0.368. The molecule has 37 heavy (non-hydrogen) atoms. The van der Waals surface area contributed by atoms with Crippen molar-refractivity contribution in [1.82, 2.24) is 19.6 Å². The zero-order valence-corrected chi connectivity index (χ0v) is 21.0. The van der Waals surface area contributed by atoms with Gasteiger partial charge in [-0.25, -0.2) is 19.3 Å². The van der Waals surface area contributed by atoms with Gasteiger partial charge in [0.25, 0.3) is 0 Å². The highest BCUT2D eigenvalue weighted by atomic mass is 35.5. The first-order chi connectivity index (χ1) is 18.1. The van der Waals surface area contributed by atoms with Gasteiger partial charge in [-0.2, -0.15) is 0 Å². The minimum atomic E-state index is -0.532. The van der Waals surface area contributed by atoms with Gasteiger partial charge < -0.3 is 9.15 Å². The maximum atomic E-state index is 13.5. The number of halogens is 1. The largest absolute Gasteiger partial charge is 0.437 e. The minimum Gasteiger partial charge on any atom is -0.437 e. The predicted octanol–water partition coefficient (Wildman–Crippen LogP) is 6.56. The molecule has 6 aromatic rings. The van der Waals surface area contributed by atoms with Crippen LogP contribution in [0.15, 0.2) is 93.2 Å². The molecular weight excluding hydrogens is 508 g/mol. The van der Waals surface area contributed by atoms with Crippen molar-refractivity contribution in [3.8, 4) is 23.0 Å². The van der Waals surface area contributed by atoms with Crippen LogP contribution in [0.4, 0.5) is 0 Å². The number of hydrogen-bond acceptors (Lipinski definition) is 7. The van der Waals surface area contributed by atoms with Crippen molar-refractivity contribution < 1.29 is 9.15 Å². The summed E-state index contributed by atoms with van der Waals surface area (Å²) in [7, 11) is 0. The van der Waals surface area contributed by atoms with Crippen molar-refractivity contribution in [2.24, 2.45) is 0 Å². The maximum Gasteiger partial charge on any atom is 0.344 e. The van der Waals surface area contributed by atoms with E-state index in [1.807, 2.05) is 66.9 Å². The summed E-state index contributed by atoms with van der Waals surface area (Å²) in [6, 6.07) is 22.8. The van der Waals surface area contributed by atoms with E-state index in [2.05, 4.69) is 10.1 Å². The lowest BCUT2D eigenvalue weighted by molar-refractivity contribution is 0.422. The molecule has 180 valence electrons. The van der Waals surface area contributed by atoms with Crippen LogP contribution in [0.25, 0.3) is 28.0 Å². The maximum absolute atomic E-state index is 13.5. The van der Waals surface area contributed by atoms with Crippen LogP contribution in [0.3, 0.4) is 0 Å². The van der Waals surface area contributed by atoms with Gasteiger partial charge in [0.2, 0.25) is 5.88 Å². The van der Waals surface area contributed by atoms with E-state index in [4.69, 9.17) is 25.7 Å². The molecule has 7 nitrogen and oxygen atoms in total. The van der Waals surface area contributed by atoms with Gasteiger partial charge in [0.15, 0.2) is 17.2 Å². The van der Waals surface area contributed by atoms with Crippen LogP contribution in [0.1, 0.15) is 22.6 Å². The molecule has 0 fully saturated rings. The number of aromatic nitrogens is 4. The zero-order valence-electron chi connectivity index (χ0n) is 19.4. The monoisotopic (exact) mass is 524 g/mol. The van der Waals surface area contributed by atoms with E-state index in [0.717, 1.165) is 10.5 Å². The SMILES string of the molecule is CSc1ccc(C2c3c(c4ccccc4oc3=O)Oc3ncn4nc(-c5ccccc5Cl)nc4c32)cc1. The van der Waals surface area contributed by atoms with Crippen molar-refractivity contribution in [3.63, 3.8) is 0 Å². The molecule has 7 rings (SSSR count). The van der Waals surface area contributed by atoms with E-state index in [1.165, 1.54) is 0 Å². The van der Waals surface area contributed by atoms with E-state index in [-0.39, 0.29) is 0 Å². The van der Waals surface area contributed by atoms with Crippen molar-refractivity contribution in [1.29, 1.82) is 0 Å². The molecule has 0 radical (unpaired) electrons. The first-order valence-electron chi connectivity index (χ1n) is 11.5. The van der Waals surface area contributed by atoms with E-state index in [9.17, 15) is 4.79 Å². The Morgan fingerprint density at radius 3 is 2.57 bits per heavy atom. The lowest BCUT2D eigenvalue weighted by atomic mass is 9.84. The second-order valence-corrected chi connectivity index (χ2v) is 9.87. The van der Waals surface area contributed by atoms with Crippen LogP contribution in [-0.2, 0) is 0 Å². The molecule has 0 saturated heterocycles. The summed E-state index contributed by atoms with van der Waals surface area (Å²) in [6.07, 6.45) is 3.59. The number of fused-ring (bicyclic) bond motifs is 6. The van der Waals surface area contributed by atoms with E-state index >= 15 is 0 Å². The average Bonchev–Trinajstić information content (AvgIpc) is 3.37. The summed E-state index contributed by atoms with van der Waals surface area (Å²) in [6.45, 7) is 0. The third kappa shape index (κ3) is 3.44. The summed E-state index contributed by atoms with van der Waals surface area (Å²) < 4.78 is 13.7. The summed E-state index contributed by atoms with van der Waals surface area (Å²) in [4.78, 5) is 24.0. The molecule has 0 spiro atoms. The van der Waals surface area contributed by atoms with Gasteiger partial charge in [0.05, 0.1) is 27.5 Å². The Labute approximate surface area is 219 Å². The Balaban J connectivity index is 1.54. The van der Waals surface area contributed by atoms with Gasteiger partial charge in [-0.15, -0.1) is 16.9 Å². The first kappa shape index (κ1) is 22.1. The number of para-hydroxylation sites is 1. The number of hydrogen-bond donors (Lipinski definition) is 0. The molecule has 3 aromatic carbocycles. The number of ether oxygens (including phenoxy) is 1. The number of benzene rings is 3. The second kappa shape index (κ2) is 8.47. The van der Waals surface area contributed by atoms with Crippen LogP contribution in [0.2, 0.25) is 5.02 Å². The Morgan fingerprint density at radius 1 is 0.973 bits per heavy atom. The molecule has 1 aliphatic rings. The van der Waals surface area contributed by atoms with Gasteiger partial charge in [0.1, 0.15) is 11.9 Å². The van der Waals surface area contributed by atoms with Gasteiger partial charge in [-0.1, -0.05) is 48.0 Å². The van der Waals surface area contributed by atoms with Crippen LogP contribution in [-0.4, -0.2) is 25.8 Å². The molecule has 1 atom stereocenters. The highest BCUT2D eigenvalue weighted by Gasteiger charge is 2.37. The van der Waals surface area contributed by atoms with Gasteiger partial charge in [0, 0.05) is 10.5 Å². The smallest absolute Gasteiger partial charge is 0.344 e. The normalized spacial score (nSPS) is 14.4. The molecule has 3 aromatic heterocycles. The molecular formula is C28H17ClN4O3S. The fraction of sp³-hybridized carbons (Fsp3) is 0.0714. The van der Waals surface area contributed by atoms with Crippen LogP contribution in [0.5, 0.6) is 11.6 Å². The zero-order chi connectivity index (χ0) is 25.1. The second-order valence-electron chi connectivity index (χ2n) is 8.58. The van der Waals surface area contributed by atoms with Gasteiger partial charge in [-0.05, 0) is 48.2 Å². The van der Waals surface area contributed by atoms with E-state index in [0.29, 0.717) is 55.8 Å². The molecule has 0 aliphatic carbocycles. The van der Waals surface area contributed by atoms with Crippen LogP contribution < -0.4 is 10.4 Å². The number of thioether (sulfide) groups is 1. The molecule has 0 N–H and O–H groups in total. The highest BCUT2D eigenvalue weighted by Crippen LogP contribution is 2.49. The van der Waals surface area contributed by atoms with Crippen molar-refractivity contribution in [2.75, 3.05) is 6.26 Å². The van der Waals surface area contributed by atoms with Crippen molar-refractivity contribution in [2.45, 2.75) is 10.8 Å². The van der Waals surface area contributed by atoms with Gasteiger partial charge >= 0.3 is 5.63 Å². The fourth-order valence-corrected chi connectivity index (χ4v) is 5.44. The Hall–Kier alpha value is -4.14. The average molecular weight is 525 g/mol. The van der Waals surface area contributed by atoms with Crippen molar-refractivity contribution in [3.05, 3.63) is 111 Å². The third-order valence-corrected chi connectivity index (χ3v) is 7.60. The third-order valence-electron chi connectivity index (χ3n) is 6.53. The summed E-state index contributed by atoms with van der Waals surface area (Å²) in [5, 5.41) is 5.88. The Bertz CT molecular complexity index is 1900. The van der Waals surface area contributed by atoms with Crippen LogP contribution in [0, 0.1) is 0 Å². The molecule has 4 heterocycles.